The lowest BCUT2D eigenvalue weighted by Gasteiger charge is -2.06. The number of nitro groups is 1. The first kappa shape index (κ1) is 62.7. The van der Waals surface area contributed by atoms with E-state index in [9.17, 15) is 20.3 Å². The van der Waals surface area contributed by atoms with Crippen molar-refractivity contribution in [3.05, 3.63) is 180 Å². The van der Waals surface area contributed by atoms with E-state index in [1.54, 1.807) is 37.4 Å². The van der Waals surface area contributed by atoms with Gasteiger partial charge in [-0.05, 0) is 115 Å². The molecule has 0 aliphatic carbocycles. The summed E-state index contributed by atoms with van der Waals surface area (Å²) in [6.07, 6.45) is 0. The zero-order valence-electron chi connectivity index (χ0n) is 38.3. The van der Waals surface area contributed by atoms with E-state index in [4.69, 9.17) is 65.3 Å². The second kappa shape index (κ2) is 34.0. The normalized spacial score (nSPS) is 9.46. The first-order valence-corrected chi connectivity index (χ1v) is 20.7. The number of non-ortho nitro benzene ring substituents is 1. The molecule has 0 fully saturated rings. The monoisotopic (exact) mass is 948 g/mol. The molecule has 0 atom stereocenters. The van der Waals surface area contributed by atoms with Crippen LogP contribution >= 0.6 is 11.6 Å². The standard InChI is InChI=1S/C9H13NO.C8H10ClN.C8H10N2O4.C8H11NO2.C8H11NO.C8H11N.2CH4/c1-7-3-4-9(11-2)5-8(7)6-10;1-6-2-3-8(9)4-7(6)5-10;1-14-7-3-6(10(12)13)2-5(4-9)8(7)11;1-11-7-4-2-3-6(5-9)8(7)10;1-6-2-3-8(10)4-7(6)5-9;1-7-4-2-3-5-8(7)6-9;;/h3-5H,6,10H2,1-2H3;2-4H,5,10H2,1H3;2-3,11H,4,9H2,1H3;2-4,10H,5,9H2,1H3;2-4,10H,5,9H2,1H3;2-5H,6,9H2,1H3;2*1H4. The van der Waals surface area contributed by atoms with E-state index in [1.165, 1.54) is 42.5 Å². The Balaban J connectivity index is 0. The van der Waals surface area contributed by atoms with E-state index < -0.39 is 4.92 Å². The predicted octanol–water partition coefficient (Wildman–Crippen LogP) is 9.08. The third-order valence-electron chi connectivity index (χ3n) is 9.65. The lowest BCUT2D eigenvalue weighted by molar-refractivity contribution is -0.385. The smallest absolute Gasteiger partial charge is 0.273 e. The number of nitrogens with zero attached hydrogens (tertiary/aromatic N) is 1. The van der Waals surface area contributed by atoms with Crippen molar-refractivity contribution in [1.82, 2.24) is 0 Å². The Morgan fingerprint density at radius 3 is 1.39 bits per heavy atom. The van der Waals surface area contributed by atoms with E-state index in [1.807, 2.05) is 75.4 Å². The highest BCUT2D eigenvalue weighted by atomic mass is 35.5. The summed E-state index contributed by atoms with van der Waals surface area (Å²) in [5.74, 6) is 1.66. The zero-order chi connectivity index (χ0) is 49.1. The van der Waals surface area contributed by atoms with Gasteiger partial charge in [0.25, 0.3) is 5.69 Å². The molecule has 0 amide bonds. The van der Waals surface area contributed by atoms with E-state index in [2.05, 4.69) is 19.1 Å². The molecule has 0 saturated heterocycles. The van der Waals surface area contributed by atoms with E-state index in [0.29, 0.717) is 44.0 Å². The second-order valence-electron chi connectivity index (χ2n) is 14.0. The molecule has 0 radical (unpaired) electrons. The lowest BCUT2D eigenvalue weighted by atomic mass is 10.1. The predicted molar refractivity (Wildman–Crippen MR) is 275 cm³/mol. The Kier molecular flexibility index (Phi) is 31.8. The molecule has 16 heteroatoms. The molecule has 0 bridgehead atoms. The molecule has 0 saturated carbocycles. The summed E-state index contributed by atoms with van der Waals surface area (Å²) < 4.78 is 14.7. The van der Waals surface area contributed by atoms with Crippen molar-refractivity contribution in [2.24, 2.45) is 34.4 Å². The largest absolute Gasteiger partial charge is 0.508 e. The maximum atomic E-state index is 10.5. The third kappa shape index (κ3) is 21.6. The molecular weight excluding hydrogens is 874 g/mol. The first-order valence-electron chi connectivity index (χ1n) is 20.3. The number of phenolic OH excluding ortho intramolecular Hbond substituents is 3. The van der Waals surface area contributed by atoms with Crippen molar-refractivity contribution in [3.63, 3.8) is 0 Å². The number of phenols is 3. The van der Waals surface area contributed by atoms with Crippen molar-refractivity contribution >= 4 is 17.3 Å². The van der Waals surface area contributed by atoms with Crippen LogP contribution in [0.5, 0.6) is 34.5 Å². The van der Waals surface area contributed by atoms with E-state index in [-0.39, 0.29) is 55.6 Å². The number of aryl methyl sites for hydroxylation is 4. The zero-order valence-corrected chi connectivity index (χ0v) is 39.1. The summed E-state index contributed by atoms with van der Waals surface area (Å²) in [5, 5.41) is 39.1. The molecule has 0 aliphatic rings. The first-order chi connectivity index (χ1) is 31.0. The Morgan fingerprint density at radius 1 is 0.493 bits per heavy atom. The van der Waals surface area contributed by atoms with Gasteiger partial charge in [0.1, 0.15) is 11.5 Å². The van der Waals surface area contributed by atoms with Gasteiger partial charge < -0.3 is 63.9 Å². The number of benzene rings is 6. The Labute approximate surface area is 402 Å². The average molecular weight is 949 g/mol. The van der Waals surface area contributed by atoms with Crippen LogP contribution in [0.2, 0.25) is 5.02 Å². The molecule has 15 N–H and O–H groups in total. The molecule has 15 nitrogen and oxygen atoms in total. The van der Waals surface area contributed by atoms with Crippen molar-refractivity contribution in [1.29, 1.82) is 0 Å². The van der Waals surface area contributed by atoms with E-state index >= 15 is 0 Å². The van der Waals surface area contributed by atoms with Crippen LogP contribution < -0.4 is 48.6 Å². The van der Waals surface area contributed by atoms with Gasteiger partial charge in [0, 0.05) is 61.5 Å². The molecule has 0 heterocycles. The summed E-state index contributed by atoms with van der Waals surface area (Å²) in [5.41, 5.74) is 42.7. The number of hydrogen-bond acceptors (Lipinski definition) is 14. The minimum absolute atomic E-state index is 0. The number of ether oxygens (including phenoxy) is 3. The minimum atomic E-state index is -0.568. The van der Waals surface area contributed by atoms with Crippen molar-refractivity contribution in [3.8, 4) is 34.5 Å². The van der Waals surface area contributed by atoms with Gasteiger partial charge in [-0.2, -0.15) is 0 Å². The molecule has 6 aromatic carbocycles. The number of para-hydroxylation sites is 1. The van der Waals surface area contributed by atoms with Crippen LogP contribution in [0.4, 0.5) is 5.69 Å². The van der Waals surface area contributed by atoms with Gasteiger partial charge in [0.05, 0.1) is 32.3 Å². The van der Waals surface area contributed by atoms with Crippen LogP contribution in [0.25, 0.3) is 0 Å². The summed E-state index contributed by atoms with van der Waals surface area (Å²) in [6, 6.07) is 32.6. The van der Waals surface area contributed by atoms with Gasteiger partial charge in [-0.25, -0.2) is 0 Å². The number of nitro benzene ring substituents is 1. The number of hydrogen-bond donors (Lipinski definition) is 9. The molecule has 0 aliphatic heterocycles. The molecule has 0 spiro atoms. The average Bonchev–Trinajstić information content (AvgIpc) is 3.32. The molecule has 0 aromatic heterocycles. The molecule has 0 unspecified atom stereocenters. The maximum absolute atomic E-state index is 10.5. The Bertz CT molecular complexity index is 2260. The fourth-order valence-corrected chi connectivity index (χ4v) is 5.73. The Hall–Kier alpha value is -6.43. The molecule has 67 heavy (non-hydrogen) atoms. The van der Waals surface area contributed by atoms with Crippen LogP contribution in [0.15, 0.2) is 109 Å². The van der Waals surface area contributed by atoms with Crippen molar-refractivity contribution < 1.29 is 34.5 Å². The molecule has 6 aromatic rings. The fraction of sp³-hybridized carbons (Fsp3) is 0.294. The highest BCUT2D eigenvalue weighted by Crippen LogP contribution is 2.34. The van der Waals surface area contributed by atoms with Crippen LogP contribution in [0.3, 0.4) is 0 Å². The minimum Gasteiger partial charge on any atom is -0.508 e. The lowest BCUT2D eigenvalue weighted by Crippen LogP contribution is -2.00. The summed E-state index contributed by atoms with van der Waals surface area (Å²) >= 11 is 5.74. The van der Waals surface area contributed by atoms with Gasteiger partial charge >= 0.3 is 0 Å². The summed E-state index contributed by atoms with van der Waals surface area (Å²) in [4.78, 5) is 9.91. The maximum Gasteiger partial charge on any atom is 0.273 e. The van der Waals surface area contributed by atoms with Crippen LogP contribution in [0, 0.1) is 37.8 Å². The fourth-order valence-electron chi connectivity index (χ4n) is 5.53. The van der Waals surface area contributed by atoms with Gasteiger partial charge in [0.2, 0.25) is 0 Å². The molecular formula is C51H74ClN7O8. The van der Waals surface area contributed by atoms with Gasteiger partial charge in [-0.3, -0.25) is 10.1 Å². The summed E-state index contributed by atoms with van der Waals surface area (Å²) in [7, 11) is 4.49. The van der Waals surface area contributed by atoms with Crippen LogP contribution in [-0.4, -0.2) is 41.6 Å². The number of halogens is 1. The Morgan fingerprint density at radius 2 is 0.940 bits per heavy atom. The SMILES string of the molecule is C.C.COc1cc([N+](=O)[O-])cc(CN)c1O.COc1ccc(C)c(CN)c1.COc1cccc(CN)c1O.Cc1ccc(Cl)cc1CN.Cc1ccc(O)cc1CN.Cc1ccccc1CN. The summed E-state index contributed by atoms with van der Waals surface area (Å²) in [6.45, 7) is 10.7. The van der Waals surface area contributed by atoms with Crippen LogP contribution in [-0.2, 0) is 39.3 Å². The van der Waals surface area contributed by atoms with Crippen molar-refractivity contribution in [2.45, 2.75) is 81.8 Å². The van der Waals surface area contributed by atoms with E-state index in [0.717, 1.165) is 39.1 Å². The topological polar surface area (TPSA) is 288 Å². The van der Waals surface area contributed by atoms with Crippen LogP contribution in [0.1, 0.15) is 70.5 Å². The highest BCUT2D eigenvalue weighted by molar-refractivity contribution is 6.30. The quantitative estimate of drug-likeness (QED) is 0.0457. The number of aromatic hydroxyl groups is 3. The van der Waals surface area contributed by atoms with Crippen molar-refractivity contribution in [2.75, 3.05) is 21.3 Å². The molecule has 368 valence electrons. The van der Waals surface area contributed by atoms with Gasteiger partial charge in [-0.15, -0.1) is 0 Å². The van der Waals surface area contributed by atoms with Gasteiger partial charge in [-0.1, -0.05) is 81.1 Å². The third-order valence-corrected chi connectivity index (χ3v) is 9.89. The highest BCUT2D eigenvalue weighted by Gasteiger charge is 2.15. The molecule has 6 rings (SSSR count). The second-order valence-corrected chi connectivity index (χ2v) is 14.4. The van der Waals surface area contributed by atoms with Gasteiger partial charge in [0.15, 0.2) is 23.0 Å². The number of rotatable bonds is 10. The number of nitrogens with two attached hydrogens (primary N) is 6. The number of methoxy groups -OCH3 is 3.